The summed E-state index contributed by atoms with van der Waals surface area (Å²) in [5, 5.41) is 0. The second kappa shape index (κ2) is 6.20. The highest BCUT2D eigenvalue weighted by Gasteiger charge is 2.08. The molecule has 3 rings (SSSR count). The molecule has 0 aliphatic heterocycles. The van der Waals surface area contributed by atoms with Gasteiger partial charge < -0.3 is 0 Å². The van der Waals surface area contributed by atoms with Crippen LogP contribution in [-0.4, -0.2) is 8.52 Å². The monoisotopic (exact) mass is 314 g/mol. The minimum atomic E-state index is -0.0141. The summed E-state index contributed by atoms with van der Waals surface area (Å²) in [6, 6.07) is 19.9. The van der Waals surface area contributed by atoms with Crippen LogP contribution in [0, 0.1) is 4.77 Å². The SMILES string of the molecule is O=c1sn(Cc2ccccc2)c(=S)n1Cc1ccccc1. The summed E-state index contributed by atoms with van der Waals surface area (Å²) in [6.07, 6.45) is 0. The molecule has 21 heavy (non-hydrogen) atoms. The third-order valence-electron chi connectivity index (χ3n) is 3.21. The van der Waals surface area contributed by atoms with Crippen molar-refractivity contribution in [1.82, 2.24) is 8.52 Å². The molecule has 0 N–H and O–H groups in total. The lowest BCUT2D eigenvalue weighted by Gasteiger charge is -2.03. The molecule has 0 amide bonds. The van der Waals surface area contributed by atoms with Crippen molar-refractivity contribution in [3.05, 3.63) is 86.2 Å². The maximum atomic E-state index is 12.1. The Kier molecular flexibility index (Phi) is 4.13. The van der Waals surface area contributed by atoms with Crippen LogP contribution in [-0.2, 0) is 13.1 Å². The second-order valence-corrected chi connectivity index (χ2v) is 6.07. The molecule has 0 radical (unpaired) electrons. The molecule has 0 aliphatic carbocycles. The van der Waals surface area contributed by atoms with Gasteiger partial charge in [-0.3, -0.25) is 13.3 Å². The van der Waals surface area contributed by atoms with Gasteiger partial charge in [0, 0.05) is 11.5 Å². The predicted molar refractivity (Wildman–Crippen MR) is 88.5 cm³/mol. The van der Waals surface area contributed by atoms with E-state index in [0.717, 1.165) is 11.1 Å². The van der Waals surface area contributed by atoms with Crippen LogP contribution in [0.25, 0.3) is 0 Å². The number of aromatic nitrogens is 2. The number of benzene rings is 2. The first-order valence-electron chi connectivity index (χ1n) is 6.63. The molecule has 3 aromatic rings. The lowest BCUT2D eigenvalue weighted by atomic mass is 10.2. The Balaban J connectivity index is 1.90. The first-order chi connectivity index (χ1) is 10.2. The molecule has 0 atom stereocenters. The molecule has 1 heterocycles. The van der Waals surface area contributed by atoms with Crippen LogP contribution in [0.5, 0.6) is 0 Å². The van der Waals surface area contributed by atoms with Gasteiger partial charge in [-0.2, -0.15) is 0 Å². The van der Waals surface area contributed by atoms with Crippen LogP contribution in [0.15, 0.2) is 65.5 Å². The average Bonchev–Trinajstić information content (AvgIpc) is 2.77. The molecule has 0 unspecified atom stereocenters. The molecule has 0 aliphatic rings. The molecule has 1 aromatic heterocycles. The minimum absolute atomic E-state index is 0.0141. The van der Waals surface area contributed by atoms with Gasteiger partial charge in [-0.05, 0) is 23.3 Å². The van der Waals surface area contributed by atoms with Gasteiger partial charge in [0.2, 0.25) is 0 Å². The van der Waals surface area contributed by atoms with Gasteiger partial charge >= 0.3 is 4.87 Å². The van der Waals surface area contributed by atoms with Crippen molar-refractivity contribution in [2.45, 2.75) is 13.1 Å². The molecule has 5 heteroatoms. The highest BCUT2D eigenvalue weighted by molar-refractivity contribution is 7.71. The Hall–Kier alpha value is -1.98. The summed E-state index contributed by atoms with van der Waals surface area (Å²) >= 11 is 6.62. The standard InChI is InChI=1S/C16H14N2OS2/c19-16-17(11-13-7-3-1-4-8-13)15(20)18(21-16)12-14-9-5-2-6-10-14/h1-10H,11-12H2. The molecule has 3 nitrogen and oxygen atoms in total. The first-order valence-corrected chi connectivity index (χ1v) is 7.81. The van der Waals surface area contributed by atoms with E-state index in [1.807, 2.05) is 64.6 Å². The number of nitrogens with zero attached hydrogens (tertiary/aromatic N) is 2. The topological polar surface area (TPSA) is 26.9 Å². The summed E-state index contributed by atoms with van der Waals surface area (Å²) in [5.74, 6) is 0. The first kappa shape index (κ1) is 14.0. The van der Waals surface area contributed by atoms with Crippen LogP contribution in [0.1, 0.15) is 11.1 Å². The summed E-state index contributed by atoms with van der Waals surface area (Å²) in [4.78, 5) is 12.1. The number of hydrogen-bond acceptors (Lipinski definition) is 3. The Labute approximate surface area is 131 Å². The van der Waals surface area contributed by atoms with Crippen LogP contribution in [0.2, 0.25) is 0 Å². The van der Waals surface area contributed by atoms with Crippen molar-refractivity contribution in [3.8, 4) is 0 Å². The molecule has 2 aromatic carbocycles. The normalized spacial score (nSPS) is 10.7. The van der Waals surface area contributed by atoms with E-state index in [1.165, 1.54) is 11.5 Å². The Morgan fingerprint density at radius 2 is 1.38 bits per heavy atom. The smallest absolute Gasteiger partial charge is 0.270 e. The van der Waals surface area contributed by atoms with Crippen molar-refractivity contribution in [2.75, 3.05) is 0 Å². The largest absolute Gasteiger partial charge is 0.325 e. The molecule has 0 fully saturated rings. The Morgan fingerprint density at radius 1 is 0.857 bits per heavy atom. The van der Waals surface area contributed by atoms with E-state index in [0.29, 0.717) is 17.9 Å². The fraction of sp³-hybridized carbons (Fsp3) is 0.125. The molecule has 0 bridgehead atoms. The van der Waals surface area contributed by atoms with Gasteiger partial charge in [0.1, 0.15) is 0 Å². The van der Waals surface area contributed by atoms with E-state index in [1.54, 1.807) is 4.57 Å². The fourth-order valence-corrected chi connectivity index (χ4v) is 3.35. The van der Waals surface area contributed by atoms with Crippen molar-refractivity contribution >= 4 is 23.8 Å². The second-order valence-electron chi connectivity index (χ2n) is 4.73. The predicted octanol–water partition coefficient (Wildman–Crippen LogP) is 3.54. The van der Waals surface area contributed by atoms with Crippen molar-refractivity contribution in [1.29, 1.82) is 0 Å². The summed E-state index contributed by atoms with van der Waals surface area (Å²) in [7, 11) is 0. The maximum absolute atomic E-state index is 12.1. The highest BCUT2D eigenvalue weighted by Crippen LogP contribution is 2.08. The zero-order chi connectivity index (χ0) is 14.7. The van der Waals surface area contributed by atoms with E-state index in [9.17, 15) is 4.79 Å². The maximum Gasteiger partial charge on any atom is 0.325 e. The van der Waals surface area contributed by atoms with E-state index in [-0.39, 0.29) is 4.87 Å². The quantitative estimate of drug-likeness (QED) is 0.689. The van der Waals surface area contributed by atoms with E-state index in [4.69, 9.17) is 12.2 Å². The molecule has 0 saturated carbocycles. The van der Waals surface area contributed by atoms with Gasteiger partial charge in [-0.15, -0.1) is 0 Å². The van der Waals surface area contributed by atoms with E-state index in [2.05, 4.69) is 0 Å². The van der Waals surface area contributed by atoms with Gasteiger partial charge in [0.15, 0.2) is 4.77 Å². The van der Waals surface area contributed by atoms with Crippen molar-refractivity contribution in [2.24, 2.45) is 0 Å². The van der Waals surface area contributed by atoms with E-state index < -0.39 is 0 Å². The number of hydrogen-bond donors (Lipinski definition) is 0. The zero-order valence-electron chi connectivity index (χ0n) is 11.3. The zero-order valence-corrected chi connectivity index (χ0v) is 12.9. The van der Waals surface area contributed by atoms with Gasteiger partial charge in [-0.25, -0.2) is 0 Å². The lowest BCUT2D eigenvalue weighted by Crippen LogP contribution is -2.14. The number of rotatable bonds is 4. The summed E-state index contributed by atoms with van der Waals surface area (Å²) < 4.78 is 4.10. The Bertz CT molecular complexity index is 832. The fourth-order valence-electron chi connectivity index (χ4n) is 2.14. The molecule has 106 valence electrons. The highest BCUT2D eigenvalue weighted by atomic mass is 32.1. The van der Waals surface area contributed by atoms with Crippen LogP contribution < -0.4 is 4.87 Å². The summed E-state index contributed by atoms with van der Waals surface area (Å²) in [5.41, 5.74) is 2.22. The van der Waals surface area contributed by atoms with Crippen LogP contribution in [0.3, 0.4) is 0 Å². The van der Waals surface area contributed by atoms with Crippen LogP contribution in [0.4, 0.5) is 0 Å². The molecular formula is C16H14N2OS2. The Morgan fingerprint density at radius 3 is 1.95 bits per heavy atom. The van der Waals surface area contributed by atoms with Crippen LogP contribution >= 0.6 is 23.8 Å². The minimum Gasteiger partial charge on any atom is -0.270 e. The van der Waals surface area contributed by atoms with Crippen molar-refractivity contribution in [3.63, 3.8) is 0 Å². The van der Waals surface area contributed by atoms with E-state index >= 15 is 0 Å². The van der Waals surface area contributed by atoms with Gasteiger partial charge in [0.05, 0.1) is 13.1 Å². The van der Waals surface area contributed by atoms with Crippen molar-refractivity contribution < 1.29 is 0 Å². The third kappa shape index (κ3) is 3.20. The summed E-state index contributed by atoms with van der Waals surface area (Å²) in [6.45, 7) is 1.16. The molecule has 0 saturated heterocycles. The third-order valence-corrected chi connectivity index (χ3v) is 4.66. The lowest BCUT2D eigenvalue weighted by molar-refractivity contribution is 0.713. The van der Waals surface area contributed by atoms with Gasteiger partial charge in [-0.1, -0.05) is 60.7 Å². The molecule has 0 spiro atoms. The average molecular weight is 314 g/mol. The van der Waals surface area contributed by atoms with Gasteiger partial charge in [0.25, 0.3) is 0 Å². The molecular weight excluding hydrogens is 300 g/mol.